The van der Waals surface area contributed by atoms with Crippen LogP contribution in [-0.4, -0.2) is 61.5 Å². The third-order valence-electron chi connectivity index (χ3n) is 4.96. The van der Waals surface area contributed by atoms with Gasteiger partial charge in [-0.3, -0.25) is 9.59 Å². The van der Waals surface area contributed by atoms with Gasteiger partial charge in [-0.25, -0.2) is 0 Å². The normalized spacial score (nSPS) is 23.6. The fraction of sp³-hybridized carbons (Fsp3) is 0.647. The molecular weight excluding hydrogens is 296 g/mol. The van der Waals surface area contributed by atoms with Gasteiger partial charge in [0.1, 0.15) is 6.10 Å². The number of rotatable bonds is 3. The number of hydrogen-bond donors (Lipinski definition) is 0. The summed E-state index contributed by atoms with van der Waals surface area (Å²) in [6.07, 6.45) is 3.59. The Morgan fingerprint density at radius 3 is 2.65 bits per heavy atom. The predicted octanol–water partition coefficient (Wildman–Crippen LogP) is 1.69. The maximum atomic E-state index is 12.5. The summed E-state index contributed by atoms with van der Waals surface area (Å²) in [7, 11) is 3.96. The predicted molar refractivity (Wildman–Crippen MR) is 84.1 cm³/mol. The van der Waals surface area contributed by atoms with Crippen LogP contribution in [0, 0.1) is 12.3 Å². The lowest BCUT2D eigenvalue weighted by molar-refractivity contribution is -0.150. The van der Waals surface area contributed by atoms with Gasteiger partial charge in [0.25, 0.3) is 5.91 Å². The van der Waals surface area contributed by atoms with Gasteiger partial charge in [-0.1, -0.05) is 0 Å². The zero-order chi connectivity index (χ0) is 16.6. The highest BCUT2D eigenvalue weighted by molar-refractivity contribution is 5.93. The number of likely N-dealkylation sites (tertiary alicyclic amines) is 1. The number of cyclic esters (lactones) is 1. The Morgan fingerprint density at radius 1 is 1.39 bits per heavy atom. The van der Waals surface area contributed by atoms with Crippen LogP contribution in [0.2, 0.25) is 0 Å². The van der Waals surface area contributed by atoms with Crippen LogP contribution >= 0.6 is 0 Å². The Balaban J connectivity index is 1.63. The largest absolute Gasteiger partial charge is 0.461 e. The molecule has 1 aromatic heterocycles. The number of carbonyl (C=O) groups is 2. The minimum absolute atomic E-state index is 0.0351. The van der Waals surface area contributed by atoms with Crippen LogP contribution in [0.4, 0.5) is 0 Å². The van der Waals surface area contributed by atoms with Crippen molar-refractivity contribution in [3.05, 3.63) is 23.7 Å². The third-order valence-corrected chi connectivity index (χ3v) is 4.96. The van der Waals surface area contributed by atoms with Crippen molar-refractivity contribution in [3.63, 3.8) is 0 Å². The molecule has 1 aromatic rings. The van der Waals surface area contributed by atoms with E-state index in [9.17, 15) is 9.59 Å². The number of amides is 1. The summed E-state index contributed by atoms with van der Waals surface area (Å²) in [5, 5.41) is 0. The van der Waals surface area contributed by atoms with E-state index in [4.69, 9.17) is 9.15 Å². The second-order valence-electron chi connectivity index (χ2n) is 7.00. The zero-order valence-electron chi connectivity index (χ0n) is 14.0. The molecule has 0 saturated carbocycles. The molecule has 2 fully saturated rings. The number of hydrogen-bond acceptors (Lipinski definition) is 5. The Kier molecular flexibility index (Phi) is 4.19. The standard InChI is InChI=1S/C17H24N2O4/c1-12-4-9-22-14(12)15(20)19-7-5-17(6-8-19)10-13(11-18(2)3)23-16(17)21/h4,9,13H,5-8,10-11H2,1-3H3. The van der Waals surface area contributed by atoms with Gasteiger partial charge < -0.3 is 19.0 Å². The monoisotopic (exact) mass is 320 g/mol. The number of carbonyl (C=O) groups excluding carboxylic acids is 2. The molecule has 1 unspecified atom stereocenters. The summed E-state index contributed by atoms with van der Waals surface area (Å²) < 4.78 is 10.8. The van der Waals surface area contributed by atoms with Crippen LogP contribution in [0.1, 0.15) is 35.4 Å². The van der Waals surface area contributed by atoms with Crippen molar-refractivity contribution in [1.29, 1.82) is 0 Å². The van der Waals surface area contributed by atoms with E-state index in [-0.39, 0.29) is 18.0 Å². The molecule has 0 aliphatic carbocycles. The molecule has 2 saturated heterocycles. The second kappa shape index (κ2) is 6.00. The first-order valence-corrected chi connectivity index (χ1v) is 8.10. The Bertz CT molecular complexity index is 599. The van der Waals surface area contributed by atoms with Gasteiger partial charge in [-0.05, 0) is 39.9 Å². The topological polar surface area (TPSA) is 63.0 Å². The molecule has 3 rings (SSSR count). The molecule has 0 bridgehead atoms. The van der Waals surface area contributed by atoms with Crippen molar-refractivity contribution < 1.29 is 18.7 Å². The van der Waals surface area contributed by atoms with Crippen molar-refractivity contribution in [3.8, 4) is 0 Å². The molecule has 1 amide bonds. The highest BCUT2D eigenvalue weighted by Gasteiger charge is 2.51. The van der Waals surface area contributed by atoms with Crippen LogP contribution in [0.3, 0.4) is 0 Å². The lowest BCUT2D eigenvalue weighted by Gasteiger charge is -2.36. The molecule has 23 heavy (non-hydrogen) atoms. The maximum Gasteiger partial charge on any atom is 0.312 e. The van der Waals surface area contributed by atoms with E-state index < -0.39 is 5.41 Å². The molecule has 3 heterocycles. The van der Waals surface area contributed by atoms with Gasteiger partial charge in [0, 0.05) is 31.6 Å². The van der Waals surface area contributed by atoms with Crippen molar-refractivity contribution in [2.24, 2.45) is 5.41 Å². The molecule has 0 aromatic carbocycles. The number of aryl methyl sites for hydroxylation is 1. The quantitative estimate of drug-likeness (QED) is 0.793. The van der Waals surface area contributed by atoms with Crippen LogP contribution < -0.4 is 0 Å². The molecule has 2 aliphatic heterocycles. The number of ether oxygens (including phenoxy) is 1. The van der Waals surface area contributed by atoms with Crippen LogP contribution in [0.25, 0.3) is 0 Å². The smallest absolute Gasteiger partial charge is 0.312 e. The highest BCUT2D eigenvalue weighted by Crippen LogP contribution is 2.43. The summed E-state index contributed by atoms with van der Waals surface area (Å²) in [5.74, 6) is 0.226. The van der Waals surface area contributed by atoms with E-state index >= 15 is 0 Å². The third kappa shape index (κ3) is 3.00. The zero-order valence-corrected chi connectivity index (χ0v) is 14.0. The molecule has 6 heteroatoms. The summed E-state index contributed by atoms with van der Waals surface area (Å²) in [6, 6.07) is 1.79. The number of piperidine rings is 1. The summed E-state index contributed by atoms with van der Waals surface area (Å²) >= 11 is 0. The van der Waals surface area contributed by atoms with Crippen molar-refractivity contribution in [1.82, 2.24) is 9.80 Å². The lowest BCUT2D eigenvalue weighted by Crippen LogP contribution is -2.45. The Morgan fingerprint density at radius 2 is 2.09 bits per heavy atom. The van der Waals surface area contributed by atoms with E-state index in [0.717, 1.165) is 18.5 Å². The van der Waals surface area contributed by atoms with Gasteiger partial charge in [0.2, 0.25) is 0 Å². The minimum Gasteiger partial charge on any atom is -0.461 e. The molecule has 1 atom stereocenters. The molecule has 126 valence electrons. The SMILES string of the molecule is Cc1ccoc1C(=O)N1CCC2(CC1)CC(CN(C)C)OC2=O. The average molecular weight is 320 g/mol. The number of nitrogens with zero attached hydrogens (tertiary/aromatic N) is 2. The first-order valence-electron chi connectivity index (χ1n) is 8.10. The van der Waals surface area contributed by atoms with E-state index in [2.05, 4.69) is 0 Å². The fourth-order valence-corrected chi connectivity index (χ4v) is 3.63. The van der Waals surface area contributed by atoms with Gasteiger partial charge in [0.15, 0.2) is 5.76 Å². The van der Waals surface area contributed by atoms with Gasteiger partial charge in [0.05, 0.1) is 11.7 Å². The number of likely N-dealkylation sites (N-methyl/N-ethyl adjacent to an activating group) is 1. The van der Waals surface area contributed by atoms with E-state index in [1.807, 2.05) is 25.9 Å². The molecule has 0 radical (unpaired) electrons. The second-order valence-corrected chi connectivity index (χ2v) is 7.00. The first-order chi connectivity index (χ1) is 10.9. The minimum atomic E-state index is -0.407. The van der Waals surface area contributed by atoms with E-state index in [1.54, 1.807) is 11.0 Å². The summed E-state index contributed by atoms with van der Waals surface area (Å²) in [6.45, 7) is 3.76. The van der Waals surface area contributed by atoms with E-state index in [1.165, 1.54) is 6.26 Å². The molecule has 1 spiro atoms. The van der Waals surface area contributed by atoms with Crippen molar-refractivity contribution >= 4 is 11.9 Å². The highest BCUT2D eigenvalue weighted by atomic mass is 16.6. The fourth-order valence-electron chi connectivity index (χ4n) is 3.63. The van der Waals surface area contributed by atoms with E-state index in [0.29, 0.717) is 31.7 Å². The molecule has 0 N–H and O–H groups in total. The molecule has 2 aliphatic rings. The Labute approximate surface area is 136 Å². The Hall–Kier alpha value is -1.82. The summed E-state index contributed by atoms with van der Waals surface area (Å²) in [4.78, 5) is 28.6. The van der Waals surface area contributed by atoms with Gasteiger partial charge in [-0.15, -0.1) is 0 Å². The maximum absolute atomic E-state index is 12.5. The first kappa shape index (κ1) is 16.1. The average Bonchev–Trinajstić information content (AvgIpc) is 3.03. The van der Waals surface area contributed by atoms with Gasteiger partial charge in [-0.2, -0.15) is 0 Å². The number of esters is 1. The molecule has 6 nitrogen and oxygen atoms in total. The van der Waals surface area contributed by atoms with Crippen LogP contribution in [0.5, 0.6) is 0 Å². The summed E-state index contributed by atoms with van der Waals surface area (Å²) in [5.41, 5.74) is 0.442. The van der Waals surface area contributed by atoms with Crippen LogP contribution in [-0.2, 0) is 9.53 Å². The van der Waals surface area contributed by atoms with Gasteiger partial charge >= 0.3 is 5.97 Å². The lowest BCUT2D eigenvalue weighted by atomic mass is 9.76. The van der Waals surface area contributed by atoms with Crippen molar-refractivity contribution in [2.75, 3.05) is 33.7 Å². The van der Waals surface area contributed by atoms with Crippen molar-refractivity contribution in [2.45, 2.75) is 32.3 Å². The number of furan rings is 1. The molecular formula is C17H24N2O4. The van der Waals surface area contributed by atoms with Crippen LogP contribution in [0.15, 0.2) is 16.7 Å².